The summed E-state index contributed by atoms with van der Waals surface area (Å²) in [5, 5.41) is 1.27. The van der Waals surface area contributed by atoms with Gasteiger partial charge in [-0.25, -0.2) is 9.59 Å². The first-order chi connectivity index (χ1) is 17.6. The largest absolute Gasteiger partial charge is 0.465 e. The number of aryl methyl sites for hydroxylation is 1. The summed E-state index contributed by atoms with van der Waals surface area (Å²) in [6.45, 7) is 3.70. The Morgan fingerprint density at radius 3 is 2.25 bits per heavy atom. The molecule has 1 saturated heterocycles. The molecule has 36 heavy (non-hydrogen) atoms. The Morgan fingerprint density at radius 1 is 0.861 bits per heavy atom. The molecule has 0 unspecified atom stereocenters. The Balaban J connectivity index is 0.000000233. The second-order valence-electron chi connectivity index (χ2n) is 8.85. The predicted octanol–water partition coefficient (Wildman–Crippen LogP) is 6.40. The number of rotatable bonds is 4. The third-order valence-corrected chi connectivity index (χ3v) is 6.50. The zero-order valence-electron chi connectivity index (χ0n) is 20.8. The molecule has 1 aromatic heterocycles. The number of piperidine rings is 1. The van der Waals surface area contributed by atoms with E-state index in [4.69, 9.17) is 4.74 Å². The maximum atomic E-state index is 12.3. The third kappa shape index (κ3) is 6.13. The van der Waals surface area contributed by atoms with Gasteiger partial charge < -0.3 is 18.9 Å². The van der Waals surface area contributed by atoms with Gasteiger partial charge >= 0.3 is 12.1 Å². The molecule has 1 fully saturated rings. The van der Waals surface area contributed by atoms with Gasteiger partial charge in [-0.2, -0.15) is 0 Å². The quantitative estimate of drug-likeness (QED) is 0.315. The summed E-state index contributed by atoms with van der Waals surface area (Å²) in [6.07, 6.45) is 3.87. The van der Waals surface area contributed by atoms with E-state index in [2.05, 4.69) is 45.8 Å². The van der Waals surface area contributed by atoms with Gasteiger partial charge in [-0.3, -0.25) is 0 Å². The molecule has 3 aromatic carbocycles. The molecule has 6 nitrogen and oxygen atoms in total. The molecule has 186 valence electrons. The summed E-state index contributed by atoms with van der Waals surface area (Å²) in [7, 11) is 1.38. The minimum absolute atomic E-state index is 0.209. The number of carbonyl (C=O) groups is 2. The molecule has 1 amide bonds. The van der Waals surface area contributed by atoms with Crippen LogP contribution in [0.3, 0.4) is 0 Å². The van der Waals surface area contributed by atoms with Crippen LogP contribution in [-0.2, 0) is 16.1 Å². The molecule has 0 bridgehead atoms. The highest BCUT2D eigenvalue weighted by Crippen LogP contribution is 2.28. The Labute approximate surface area is 212 Å². The number of likely N-dealkylation sites (tertiary alicyclic amines) is 1. The summed E-state index contributed by atoms with van der Waals surface area (Å²) in [5.41, 5.74) is 3.87. The Hall–Kier alpha value is -4.06. The van der Waals surface area contributed by atoms with E-state index in [0.29, 0.717) is 18.2 Å². The van der Waals surface area contributed by atoms with Crippen molar-refractivity contribution in [2.75, 3.05) is 20.2 Å². The second-order valence-corrected chi connectivity index (χ2v) is 8.85. The van der Waals surface area contributed by atoms with Crippen LogP contribution in [0.15, 0.2) is 91.1 Å². The number of carbonyl (C=O) groups excluding carboxylic acids is 2. The van der Waals surface area contributed by atoms with Crippen molar-refractivity contribution in [1.29, 1.82) is 0 Å². The highest BCUT2D eigenvalue weighted by Gasteiger charge is 2.25. The molecule has 0 aliphatic carbocycles. The number of nitrogens with zero attached hydrogens (tertiary/aromatic N) is 2. The number of fused-ring (bicyclic) bond motifs is 1. The first-order valence-electron chi connectivity index (χ1n) is 12.2. The molecular formula is C30H32N2O4. The number of benzene rings is 3. The normalized spacial score (nSPS) is 13.6. The number of aromatic nitrogens is 1. The van der Waals surface area contributed by atoms with Crippen molar-refractivity contribution >= 4 is 23.0 Å². The lowest BCUT2D eigenvalue weighted by molar-refractivity contribution is 0.0599. The maximum Gasteiger partial charge on any atom is 0.410 e. The molecule has 0 spiro atoms. The van der Waals surface area contributed by atoms with Crippen LogP contribution in [0.4, 0.5) is 4.79 Å². The van der Waals surface area contributed by atoms with E-state index in [1.165, 1.54) is 18.0 Å². The van der Waals surface area contributed by atoms with Crippen molar-refractivity contribution < 1.29 is 19.1 Å². The predicted molar refractivity (Wildman–Crippen MR) is 141 cm³/mol. The van der Waals surface area contributed by atoms with Gasteiger partial charge in [-0.1, -0.05) is 66.7 Å². The van der Waals surface area contributed by atoms with Crippen molar-refractivity contribution in [3.63, 3.8) is 0 Å². The SMILES string of the molecule is COC(=O)c1ccccc1C.O=C(OCc1ccccc1)N1CCC(n2ccc3ccccc32)CC1. The van der Waals surface area contributed by atoms with E-state index in [1.54, 1.807) is 6.07 Å². The molecule has 2 heterocycles. The van der Waals surface area contributed by atoms with Crippen LogP contribution in [0.25, 0.3) is 10.9 Å². The van der Waals surface area contributed by atoms with Crippen LogP contribution < -0.4 is 0 Å². The van der Waals surface area contributed by atoms with Gasteiger partial charge in [0.15, 0.2) is 0 Å². The number of methoxy groups -OCH3 is 1. The summed E-state index contributed by atoms with van der Waals surface area (Å²) in [4.78, 5) is 25.1. The number of hydrogen-bond acceptors (Lipinski definition) is 4. The molecule has 0 atom stereocenters. The molecule has 6 heteroatoms. The second kappa shape index (κ2) is 12.1. The zero-order valence-corrected chi connectivity index (χ0v) is 20.8. The van der Waals surface area contributed by atoms with Crippen molar-refractivity contribution in [1.82, 2.24) is 9.47 Å². The summed E-state index contributed by atoms with van der Waals surface area (Å²) in [6, 6.07) is 28.2. The zero-order chi connectivity index (χ0) is 25.3. The lowest BCUT2D eigenvalue weighted by Crippen LogP contribution is -2.39. The average Bonchev–Trinajstić information content (AvgIpc) is 3.37. The topological polar surface area (TPSA) is 60.8 Å². The molecule has 5 rings (SSSR count). The Bertz CT molecular complexity index is 1290. The molecule has 0 radical (unpaired) electrons. The minimum Gasteiger partial charge on any atom is -0.465 e. The standard InChI is InChI=1S/C21H22N2O2.C9H10O2/c24-21(25-16-17-6-2-1-3-7-17)22-13-11-19(12-14-22)23-15-10-18-8-4-5-9-20(18)23;1-7-5-3-4-6-8(7)9(10)11-2/h1-10,15,19H,11-14,16H2;3-6H,1-2H3. The Morgan fingerprint density at radius 2 is 1.53 bits per heavy atom. The smallest absolute Gasteiger partial charge is 0.410 e. The monoisotopic (exact) mass is 484 g/mol. The van der Waals surface area contributed by atoms with Crippen molar-refractivity contribution in [3.8, 4) is 0 Å². The van der Waals surface area contributed by atoms with Crippen LogP contribution >= 0.6 is 0 Å². The van der Waals surface area contributed by atoms with Crippen LogP contribution in [0.5, 0.6) is 0 Å². The van der Waals surface area contributed by atoms with Gasteiger partial charge in [-0.15, -0.1) is 0 Å². The fraction of sp³-hybridized carbons (Fsp3) is 0.267. The van der Waals surface area contributed by atoms with Crippen molar-refractivity contribution in [2.45, 2.75) is 32.4 Å². The molecule has 4 aromatic rings. The van der Waals surface area contributed by atoms with Crippen LogP contribution in [0.1, 0.15) is 40.4 Å². The van der Waals surface area contributed by atoms with Gasteiger partial charge in [0.25, 0.3) is 0 Å². The number of ether oxygens (including phenoxy) is 2. The molecular weight excluding hydrogens is 452 g/mol. The fourth-order valence-electron chi connectivity index (χ4n) is 4.47. The van der Waals surface area contributed by atoms with E-state index < -0.39 is 0 Å². The van der Waals surface area contributed by atoms with E-state index in [0.717, 1.165) is 37.1 Å². The first-order valence-corrected chi connectivity index (χ1v) is 12.2. The highest BCUT2D eigenvalue weighted by atomic mass is 16.6. The highest BCUT2D eigenvalue weighted by molar-refractivity contribution is 5.90. The number of esters is 1. The molecule has 1 aliphatic rings. The average molecular weight is 485 g/mol. The number of amides is 1. The lowest BCUT2D eigenvalue weighted by atomic mass is 10.1. The number of hydrogen-bond donors (Lipinski definition) is 0. The van der Waals surface area contributed by atoms with Crippen molar-refractivity contribution in [2.24, 2.45) is 0 Å². The van der Waals surface area contributed by atoms with E-state index in [1.807, 2.05) is 60.4 Å². The summed E-state index contributed by atoms with van der Waals surface area (Å²) < 4.78 is 12.4. The minimum atomic E-state index is -0.275. The van der Waals surface area contributed by atoms with Crippen LogP contribution in [-0.4, -0.2) is 41.7 Å². The number of para-hydroxylation sites is 1. The van der Waals surface area contributed by atoms with Crippen LogP contribution in [0, 0.1) is 6.92 Å². The third-order valence-electron chi connectivity index (χ3n) is 6.50. The van der Waals surface area contributed by atoms with Crippen LogP contribution in [0.2, 0.25) is 0 Å². The maximum absolute atomic E-state index is 12.3. The molecule has 1 aliphatic heterocycles. The van der Waals surface area contributed by atoms with Gasteiger partial charge in [0.1, 0.15) is 6.61 Å². The lowest BCUT2D eigenvalue weighted by Gasteiger charge is -2.32. The van der Waals surface area contributed by atoms with Crippen molar-refractivity contribution in [3.05, 3.63) is 108 Å². The molecule has 0 saturated carbocycles. The van der Waals surface area contributed by atoms with E-state index in [-0.39, 0.29) is 12.1 Å². The van der Waals surface area contributed by atoms with E-state index >= 15 is 0 Å². The fourth-order valence-corrected chi connectivity index (χ4v) is 4.47. The summed E-state index contributed by atoms with van der Waals surface area (Å²) in [5.74, 6) is -0.275. The van der Waals surface area contributed by atoms with Gasteiger partial charge in [0, 0.05) is 30.8 Å². The van der Waals surface area contributed by atoms with Gasteiger partial charge in [0.05, 0.1) is 12.7 Å². The Kier molecular flexibility index (Phi) is 8.40. The van der Waals surface area contributed by atoms with E-state index in [9.17, 15) is 9.59 Å². The molecule has 0 N–H and O–H groups in total. The first kappa shape index (κ1) is 25.0. The van der Waals surface area contributed by atoms with Gasteiger partial charge in [-0.05, 0) is 54.5 Å². The van der Waals surface area contributed by atoms with Gasteiger partial charge in [0.2, 0.25) is 0 Å². The summed E-state index contributed by atoms with van der Waals surface area (Å²) >= 11 is 0.